The minimum absolute atomic E-state index is 0.0507. The highest BCUT2D eigenvalue weighted by molar-refractivity contribution is 5.68. The van der Waals surface area contributed by atoms with E-state index in [1.54, 1.807) is 0 Å². The summed E-state index contributed by atoms with van der Waals surface area (Å²) in [7, 11) is 0. The van der Waals surface area contributed by atoms with Crippen LogP contribution in [0.15, 0.2) is 30.3 Å². The van der Waals surface area contributed by atoms with Crippen molar-refractivity contribution >= 4 is 6.09 Å². The first-order valence-corrected chi connectivity index (χ1v) is 8.78. The summed E-state index contributed by atoms with van der Waals surface area (Å²) < 4.78 is 5.16. The van der Waals surface area contributed by atoms with Crippen molar-refractivity contribution in [2.24, 2.45) is 5.41 Å². The van der Waals surface area contributed by atoms with Crippen molar-refractivity contribution in [2.45, 2.75) is 58.2 Å². The third-order valence-corrected chi connectivity index (χ3v) is 5.19. The number of amides is 1. The maximum Gasteiger partial charge on any atom is 0.407 e. The molecule has 23 heavy (non-hydrogen) atoms. The second kappa shape index (κ2) is 6.91. The van der Waals surface area contributed by atoms with Crippen LogP contribution in [0.5, 0.6) is 0 Å². The van der Waals surface area contributed by atoms with Crippen LogP contribution in [0, 0.1) is 5.41 Å². The molecule has 2 fully saturated rings. The smallest absolute Gasteiger partial charge is 0.407 e. The van der Waals surface area contributed by atoms with Crippen LogP contribution in [0.4, 0.5) is 4.79 Å². The van der Waals surface area contributed by atoms with E-state index in [2.05, 4.69) is 40.5 Å². The minimum atomic E-state index is -0.263. The number of hydrogen-bond acceptors (Lipinski definition) is 3. The van der Waals surface area contributed by atoms with Gasteiger partial charge in [0.05, 0.1) is 6.10 Å². The third kappa shape index (κ3) is 4.25. The van der Waals surface area contributed by atoms with Crippen molar-refractivity contribution in [2.75, 3.05) is 13.1 Å². The molecule has 0 unspecified atom stereocenters. The van der Waals surface area contributed by atoms with E-state index in [1.165, 1.54) is 18.4 Å². The van der Waals surface area contributed by atoms with Crippen molar-refractivity contribution in [3.05, 3.63) is 35.9 Å². The van der Waals surface area contributed by atoms with Crippen LogP contribution in [0.3, 0.4) is 0 Å². The second-order valence-electron chi connectivity index (χ2n) is 7.47. The van der Waals surface area contributed by atoms with E-state index in [-0.39, 0.29) is 12.2 Å². The Bertz CT molecular complexity index is 513. The number of nitrogens with zero attached hydrogens (tertiary/aromatic N) is 1. The van der Waals surface area contributed by atoms with Crippen LogP contribution >= 0.6 is 0 Å². The molecule has 0 bridgehead atoms. The first-order chi connectivity index (χ1) is 11.0. The molecule has 1 aliphatic heterocycles. The molecule has 1 heterocycles. The molecule has 4 nitrogen and oxygen atoms in total. The Morgan fingerprint density at radius 2 is 1.91 bits per heavy atom. The summed E-state index contributed by atoms with van der Waals surface area (Å²) in [5.74, 6) is 0. The lowest BCUT2D eigenvalue weighted by molar-refractivity contribution is 0.00187. The van der Waals surface area contributed by atoms with Gasteiger partial charge in [0, 0.05) is 12.6 Å². The molecule has 3 rings (SSSR count). The summed E-state index contributed by atoms with van der Waals surface area (Å²) >= 11 is 0. The van der Waals surface area contributed by atoms with Gasteiger partial charge in [-0.25, -0.2) is 4.79 Å². The Balaban J connectivity index is 1.39. The van der Waals surface area contributed by atoms with Gasteiger partial charge in [0.25, 0.3) is 0 Å². The van der Waals surface area contributed by atoms with E-state index in [0.29, 0.717) is 11.5 Å². The molecule has 2 aliphatic rings. The molecule has 0 aromatic heterocycles. The number of benzene rings is 1. The molecule has 126 valence electrons. The zero-order valence-electron chi connectivity index (χ0n) is 14.3. The van der Waals surface area contributed by atoms with Crippen molar-refractivity contribution in [1.29, 1.82) is 0 Å². The lowest BCUT2D eigenvalue weighted by Crippen LogP contribution is -2.55. The minimum Gasteiger partial charge on any atom is -0.447 e. The predicted molar refractivity (Wildman–Crippen MR) is 91.2 cm³/mol. The molecule has 1 aliphatic carbocycles. The lowest BCUT2D eigenvalue weighted by Gasteiger charge is -2.52. The average Bonchev–Trinajstić information content (AvgIpc) is 2.48. The number of rotatable bonds is 4. The topological polar surface area (TPSA) is 41.6 Å². The van der Waals surface area contributed by atoms with Crippen molar-refractivity contribution in [3.8, 4) is 0 Å². The molecular formula is C19H28N2O2. The number of hydrogen-bond donors (Lipinski definition) is 1. The fourth-order valence-corrected chi connectivity index (χ4v) is 3.94. The Morgan fingerprint density at radius 1 is 1.26 bits per heavy atom. The summed E-state index contributed by atoms with van der Waals surface area (Å²) in [5.41, 5.74) is 1.86. The molecular weight excluding hydrogens is 288 g/mol. The highest BCUT2D eigenvalue weighted by Crippen LogP contribution is 2.49. The Labute approximate surface area is 139 Å². The number of ether oxygens (including phenoxy) is 1. The first kappa shape index (κ1) is 16.3. The molecule has 1 saturated heterocycles. The largest absolute Gasteiger partial charge is 0.447 e. The van der Waals surface area contributed by atoms with E-state index < -0.39 is 0 Å². The number of nitrogens with one attached hydrogen (secondary N) is 1. The molecule has 1 amide bonds. The fourth-order valence-electron chi connectivity index (χ4n) is 3.94. The standard InChI is InChI=1S/C19H28N2O2/c1-15(2)23-18(22)20-17-12-19(13-17)8-10-21(11-9-19)14-16-6-4-3-5-7-16/h3-7,15,17H,8-14H2,1-2H3,(H,20,22). The molecule has 1 saturated carbocycles. The first-order valence-electron chi connectivity index (χ1n) is 8.78. The van der Waals surface area contributed by atoms with Gasteiger partial charge in [-0.05, 0) is 63.6 Å². The van der Waals surface area contributed by atoms with Gasteiger partial charge in [0.1, 0.15) is 0 Å². The molecule has 1 N–H and O–H groups in total. The second-order valence-corrected chi connectivity index (χ2v) is 7.47. The van der Waals surface area contributed by atoms with Gasteiger partial charge < -0.3 is 10.1 Å². The van der Waals surface area contributed by atoms with E-state index >= 15 is 0 Å². The van der Waals surface area contributed by atoms with Crippen LogP contribution < -0.4 is 5.32 Å². The summed E-state index contributed by atoms with van der Waals surface area (Å²) in [6, 6.07) is 11.0. The number of piperidine rings is 1. The number of alkyl carbamates (subject to hydrolysis) is 1. The van der Waals surface area contributed by atoms with Crippen LogP contribution in [0.25, 0.3) is 0 Å². The average molecular weight is 316 g/mol. The van der Waals surface area contributed by atoms with Crippen LogP contribution in [0.1, 0.15) is 45.1 Å². The monoisotopic (exact) mass is 316 g/mol. The van der Waals surface area contributed by atoms with Crippen molar-refractivity contribution in [3.63, 3.8) is 0 Å². The van der Waals surface area contributed by atoms with Gasteiger partial charge in [-0.3, -0.25) is 4.90 Å². The Kier molecular flexibility index (Phi) is 4.90. The number of carbonyl (C=O) groups excluding carboxylic acids is 1. The van der Waals surface area contributed by atoms with E-state index in [1.807, 2.05) is 13.8 Å². The molecule has 1 aromatic carbocycles. The number of carbonyl (C=O) groups is 1. The third-order valence-electron chi connectivity index (χ3n) is 5.19. The van der Waals surface area contributed by atoms with Crippen molar-refractivity contribution < 1.29 is 9.53 Å². The summed E-state index contributed by atoms with van der Waals surface area (Å²) in [6.07, 6.45) is 4.40. The Hall–Kier alpha value is -1.55. The highest BCUT2D eigenvalue weighted by atomic mass is 16.6. The van der Waals surface area contributed by atoms with E-state index in [4.69, 9.17) is 4.74 Å². The van der Waals surface area contributed by atoms with E-state index in [9.17, 15) is 4.79 Å². The zero-order valence-corrected chi connectivity index (χ0v) is 14.3. The normalized spacial score (nSPS) is 21.2. The molecule has 4 heteroatoms. The van der Waals surface area contributed by atoms with Gasteiger partial charge >= 0.3 is 6.09 Å². The molecule has 0 atom stereocenters. The predicted octanol–water partition coefficient (Wildman–Crippen LogP) is 3.57. The van der Waals surface area contributed by atoms with Gasteiger partial charge in [-0.1, -0.05) is 30.3 Å². The van der Waals surface area contributed by atoms with Crippen LogP contribution in [-0.4, -0.2) is 36.2 Å². The molecule has 1 aromatic rings. The van der Waals surface area contributed by atoms with Gasteiger partial charge in [0.2, 0.25) is 0 Å². The molecule has 0 radical (unpaired) electrons. The maximum atomic E-state index is 11.6. The van der Waals surface area contributed by atoms with Gasteiger partial charge in [-0.2, -0.15) is 0 Å². The highest BCUT2D eigenvalue weighted by Gasteiger charge is 2.46. The maximum absolute atomic E-state index is 11.6. The lowest BCUT2D eigenvalue weighted by atomic mass is 9.60. The SMILES string of the molecule is CC(C)OC(=O)NC1CC2(CCN(Cc3ccccc3)CC2)C1. The zero-order chi connectivity index (χ0) is 16.3. The van der Waals surface area contributed by atoms with Crippen molar-refractivity contribution in [1.82, 2.24) is 10.2 Å². The van der Waals surface area contributed by atoms with Crippen LogP contribution in [0.2, 0.25) is 0 Å². The summed E-state index contributed by atoms with van der Waals surface area (Å²) in [6.45, 7) is 7.14. The quantitative estimate of drug-likeness (QED) is 0.923. The number of likely N-dealkylation sites (tertiary alicyclic amines) is 1. The van der Waals surface area contributed by atoms with Crippen LogP contribution in [-0.2, 0) is 11.3 Å². The van der Waals surface area contributed by atoms with Gasteiger partial charge in [0.15, 0.2) is 0 Å². The fraction of sp³-hybridized carbons (Fsp3) is 0.632. The van der Waals surface area contributed by atoms with E-state index in [0.717, 1.165) is 32.5 Å². The Morgan fingerprint density at radius 3 is 2.52 bits per heavy atom. The molecule has 1 spiro atoms. The van der Waals surface area contributed by atoms with Gasteiger partial charge in [-0.15, -0.1) is 0 Å². The summed E-state index contributed by atoms with van der Waals surface area (Å²) in [4.78, 5) is 14.2. The summed E-state index contributed by atoms with van der Waals surface area (Å²) in [5, 5.41) is 3.00.